The number of aromatic nitrogens is 1. The number of rotatable bonds is 4. The Morgan fingerprint density at radius 1 is 0.762 bits per heavy atom. The molecule has 1 aromatic heterocycles. The van der Waals surface area contributed by atoms with E-state index in [-0.39, 0.29) is 5.78 Å². The Morgan fingerprint density at radius 2 is 1.38 bits per heavy atom. The maximum Gasteiger partial charge on any atom is 0.193 e. The van der Waals surface area contributed by atoms with Gasteiger partial charge in [-0.25, -0.2) is 4.57 Å². The normalized spacial score (nSPS) is 10.3. The number of carbonyl (C=O) groups excluding carboxylic acids is 1. The maximum atomic E-state index is 12.6. The molecule has 2 aromatic carbocycles. The number of carbonyl (C=O) groups is 1. The van der Waals surface area contributed by atoms with Gasteiger partial charge in [0.25, 0.3) is 0 Å². The van der Waals surface area contributed by atoms with Gasteiger partial charge in [-0.1, -0.05) is 60.7 Å². The molecule has 21 heavy (non-hydrogen) atoms. The van der Waals surface area contributed by atoms with Crippen LogP contribution in [0.15, 0.2) is 85.2 Å². The van der Waals surface area contributed by atoms with Crippen molar-refractivity contribution in [1.29, 1.82) is 0 Å². The van der Waals surface area contributed by atoms with Crippen LogP contribution in [0.1, 0.15) is 21.5 Å². The molecule has 0 saturated heterocycles. The van der Waals surface area contributed by atoms with Crippen LogP contribution < -0.4 is 4.57 Å². The van der Waals surface area contributed by atoms with Gasteiger partial charge in [-0.15, -0.1) is 0 Å². The van der Waals surface area contributed by atoms with Crippen LogP contribution >= 0.6 is 0 Å². The van der Waals surface area contributed by atoms with E-state index in [0.29, 0.717) is 6.54 Å². The first-order chi connectivity index (χ1) is 10.3. The van der Waals surface area contributed by atoms with Crippen molar-refractivity contribution in [2.24, 2.45) is 0 Å². The summed E-state index contributed by atoms with van der Waals surface area (Å²) in [5.74, 6) is 0.0720. The average molecular weight is 274 g/mol. The molecule has 2 heteroatoms. The van der Waals surface area contributed by atoms with Gasteiger partial charge in [0.05, 0.1) is 0 Å². The minimum Gasteiger partial charge on any atom is -0.289 e. The molecule has 102 valence electrons. The minimum absolute atomic E-state index is 0.0720. The van der Waals surface area contributed by atoms with Gasteiger partial charge in [0, 0.05) is 28.8 Å². The third-order valence-electron chi connectivity index (χ3n) is 3.43. The molecule has 2 nitrogen and oxygen atoms in total. The molecule has 0 aliphatic heterocycles. The van der Waals surface area contributed by atoms with Gasteiger partial charge in [-0.3, -0.25) is 4.79 Å². The van der Waals surface area contributed by atoms with Crippen LogP contribution in [0.2, 0.25) is 0 Å². The van der Waals surface area contributed by atoms with Gasteiger partial charge >= 0.3 is 0 Å². The van der Waals surface area contributed by atoms with E-state index in [4.69, 9.17) is 0 Å². The van der Waals surface area contributed by atoms with Crippen molar-refractivity contribution in [2.45, 2.75) is 6.54 Å². The fourth-order valence-corrected chi connectivity index (χ4v) is 2.36. The van der Waals surface area contributed by atoms with Crippen molar-refractivity contribution >= 4 is 5.78 Å². The second-order valence-electron chi connectivity index (χ2n) is 4.90. The topological polar surface area (TPSA) is 20.9 Å². The van der Waals surface area contributed by atoms with Crippen molar-refractivity contribution in [2.75, 3.05) is 0 Å². The highest BCUT2D eigenvalue weighted by atomic mass is 16.1. The van der Waals surface area contributed by atoms with Gasteiger partial charge in [-0.05, 0) is 0 Å². The summed E-state index contributed by atoms with van der Waals surface area (Å²) in [4.78, 5) is 12.6. The summed E-state index contributed by atoms with van der Waals surface area (Å²) in [5, 5.41) is 0. The molecular weight excluding hydrogens is 258 g/mol. The smallest absolute Gasteiger partial charge is 0.193 e. The van der Waals surface area contributed by atoms with E-state index in [0.717, 1.165) is 16.7 Å². The lowest BCUT2D eigenvalue weighted by Gasteiger charge is -2.06. The molecular formula is C19H16NO+. The third kappa shape index (κ3) is 3.06. The lowest BCUT2D eigenvalue weighted by molar-refractivity contribution is -0.688. The summed E-state index contributed by atoms with van der Waals surface area (Å²) in [7, 11) is 0. The molecule has 0 radical (unpaired) electrons. The maximum absolute atomic E-state index is 12.6. The first-order valence-corrected chi connectivity index (χ1v) is 6.96. The Labute approximate surface area is 124 Å². The number of ketones is 1. The molecule has 0 aliphatic carbocycles. The molecule has 0 N–H and O–H groups in total. The predicted molar refractivity (Wildman–Crippen MR) is 82.1 cm³/mol. The first kappa shape index (κ1) is 13.3. The zero-order valence-electron chi connectivity index (χ0n) is 11.6. The molecule has 1 heterocycles. The van der Waals surface area contributed by atoms with Gasteiger partial charge < -0.3 is 0 Å². The van der Waals surface area contributed by atoms with Crippen LogP contribution in [0, 0.1) is 0 Å². The summed E-state index contributed by atoms with van der Waals surface area (Å²) in [5.41, 5.74) is 2.52. The highest BCUT2D eigenvalue weighted by molar-refractivity contribution is 6.09. The Kier molecular flexibility index (Phi) is 3.88. The van der Waals surface area contributed by atoms with Gasteiger partial charge in [0.15, 0.2) is 24.7 Å². The second kappa shape index (κ2) is 6.14. The van der Waals surface area contributed by atoms with E-state index >= 15 is 0 Å². The summed E-state index contributed by atoms with van der Waals surface area (Å²) >= 11 is 0. The number of hydrogen-bond acceptors (Lipinski definition) is 1. The Balaban J connectivity index is 1.95. The van der Waals surface area contributed by atoms with Crippen LogP contribution in [0.25, 0.3) is 0 Å². The Morgan fingerprint density at radius 3 is 2.14 bits per heavy atom. The molecule has 0 fully saturated rings. The molecule has 0 unspecified atom stereocenters. The molecule has 0 aliphatic rings. The van der Waals surface area contributed by atoms with Crippen LogP contribution in [-0.2, 0) is 6.54 Å². The summed E-state index contributed by atoms with van der Waals surface area (Å²) in [6.45, 7) is 0.690. The monoisotopic (exact) mass is 274 g/mol. The summed E-state index contributed by atoms with van der Waals surface area (Å²) in [6.07, 6.45) is 4.01. The van der Waals surface area contributed by atoms with Crippen LogP contribution in [0.3, 0.4) is 0 Å². The van der Waals surface area contributed by atoms with E-state index in [1.165, 1.54) is 0 Å². The Hall–Kier alpha value is -2.74. The van der Waals surface area contributed by atoms with Gasteiger partial charge in [-0.2, -0.15) is 0 Å². The molecule has 3 aromatic rings. The molecule has 0 amide bonds. The summed E-state index contributed by atoms with van der Waals surface area (Å²) in [6, 6.07) is 23.2. The van der Waals surface area contributed by atoms with Crippen molar-refractivity contribution < 1.29 is 9.36 Å². The second-order valence-corrected chi connectivity index (χ2v) is 4.90. The van der Waals surface area contributed by atoms with Crippen molar-refractivity contribution in [3.63, 3.8) is 0 Å². The number of hydrogen-bond donors (Lipinski definition) is 0. The standard InChI is InChI=1S/C19H16NO/c21-19(16-9-3-1-4-10-16)18-12-6-5-11-17(18)15-20-13-7-2-8-14-20/h1-14H,15H2/q+1. The zero-order chi connectivity index (χ0) is 14.5. The quantitative estimate of drug-likeness (QED) is 0.528. The van der Waals surface area contributed by atoms with E-state index in [2.05, 4.69) is 4.57 Å². The number of benzene rings is 2. The SMILES string of the molecule is O=C(c1ccccc1)c1ccccc1C[n+]1ccccc1. The molecule has 0 atom stereocenters. The highest BCUT2D eigenvalue weighted by Gasteiger charge is 2.15. The minimum atomic E-state index is 0.0720. The van der Waals surface area contributed by atoms with Gasteiger partial charge in [0.1, 0.15) is 0 Å². The third-order valence-corrected chi connectivity index (χ3v) is 3.43. The predicted octanol–water partition coefficient (Wildman–Crippen LogP) is 3.25. The van der Waals surface area contributed by atoms with Gasteiger partial charge in [0.2, 0.25) is 0 Å². The van der Waals surface area contributed by atoms with Crippen molar-refractivity contribution in [3.8, 4) is 0 Å². The molecule has 0 spiro atoms. The average Bonchev–Trinajstić information content (AvgIpc) is 2.56. The Bertz CT molecular complexity index is 736. The fourth-order valence-electron chi connectivity index (χ4n) is 2.36. The van der Waals surface area contributed by atoms with E-state index < -0.39 is 0 Å². The fraction of sp³-hybridized carbons (Fsp3) is 0.0526. The lowest BCUT2D eigenvalue weighted by Crippen LogP contribution is -2.33. The van der Waals surface area contributed by atoms with Crippen LogP contribution in [0.5, 0.6) is 0 Å². The first-order valence-electron chi connectivity index (χ1n) is 6.96. The number of nitrogens with zero attached hydrogens (tertiary/aromatic N) is 1. The van der Waals surface area contributed by atoms with Crippen LogP contribution in [0.4, 0.5) is 0 Å². The highest BCUT2D eigenvalue weighted by Crippen LogP contribution is 2.14. The van der Waals surface area contributed by atoms with Crippen LogP contribution in [-0.4, -0.2) is 5.78 Å². The lowest BCUT2D eigenvalue weighted by atomic mass is 9.98. The molecule has 0 saturated carbocycles. The van der Waals surface area contributed by atoms with Crippen molar-refractivity contribution in [1.82, 2.24) is 0 Å². The number of pyridine rings is 1. The van der Waals surface area contributed by atoms with Crippen molar-refractivity contribution in [3.05, 3.63) is 102 Å². The summed E-state index contributed by atoms with van der Waals surface area (Å²) < 4.78 is 2.07. The largest absolute Gasteiger partial charge is 0.289 e. The molecule has 3 rings (SSSR count). The van der Waals surface area contributed by atoms with E-state index in [1.54, 1.807) is 0 Å². The van der Waals surface area contributed by atoms with E-state index in [9.17, 15) is 4.79 Å². The van der Waals surface area contributed by atoms with E-state index in [1.807, 2.05) is 85.2 Å². The molecule has 0 bridgehead atoms. The zero-order valence-corrected chi connectivity index (χ0v) is 11.6.